The van der Waals surface area contributed by atoms with Crippen molar-refractivity contribution in [3.05, 3.63) is 154 Å². The van der Waals surface area contributed by atoms with Crippen molar-refractivity contribution in [3.8, 4) is 0 Å². The lowest BCUT2D eigenvalue weighted by Crippen LogP contribution is -2.10. The van der Waals surface area contributed by atoms with Crippen LogP contribution in [0.4, 0.5) is 0 Å². The summed E-state index contributed by atoms with van der Waals surface area (Å²) in [5.41, 5.74) is 16.6. The molecule has 0 aliphatic heterocycles. The van der Waals surface area contributed by atoms with Gasteiger partial charge in [0.25, 0.3) is 0 Å². The van der Waals surface area contributed by atoms with Crippen molar-refractivity contribution in [2.45, 2.75) is 12.8 Å². The molecule has 0 radical (unpaired) electrons. The molecule has 0 amide bonds. The highest BCUT2D eigenvalue weighted by atomic mass is 14.3. The van der Waals surface area contributed by atoms with Gasteiger partial charge in [-0.3, -0.25) is 0 Å². The fourth-order valence-corrected chi connectivity index (χ4v) is 4.93. The van der Waals surface area contributed by atoms with Crippen LogP contribution < -0.4 is 0 Å². The van der Waals surface area contributed by atoms with Gasteiger partial charge >= 0.3 is 0 Å². The molecule has 6 rings (SSSR count). The fourth-order valence-electron chi connectivity index (χ4n) is 4.93. The molecular weight excluding hydrogens is 360 g/mol. The third-order valence-electron chi connectivity index (χ3n) is 6.41. The minimum atomic E-state index is 0.382. The molecule has 0 nitrogen and oxygen atoms in total. The van der Waals surface area contributed by atoms with Crippen molar-refractivity contribution < 1.29 is 0 Å². The molecule has 4 aromatic carbocycles. The molecule has 0 aromatic heterocycles. The Morgan fingerprint density at radius 2 is 0.933 bits per heavy atom. The fraction of sp³-hybridized carbons (Fsp3) is 0.0667. The maximum atomic E-state index is 3.92. The van der Waals surface area contributed by atoms with Crippen LogP contribution in [0.15, 0.2) is 103 Å². The van der Waals surface area contributed by atoms with Gasteiger partial charge in [-0.1, -0.05) is 61.2 Å². The monoisotopic (exact) mass is 381 g/mol. The Labute approximate surface area is 177 Å². The highest BCUT2D eigenvalue weighted by Crippen LogP contribution is 2.44. The normalized spacial score (nSPS) is 15.8. The summed E-state index contributed by atoms with van der Waals surface area (Å²) in [5, 5.41) is 0. The van der Waals surface area contributed by atoms with Crippen LogP contribution in [0.3, 0.4) is 0 Å². The van der Waals surface area contributed by atoms with Gasteiger partial charge in [-0.05, 0) is 58.7 Å². The van der Waals surface area contributed by atoms with Crippen LogP contribution >= 0.6 is 0 Å². The highest BCUT2D eigenvalue weighted by Gasteiger charge is 2.29. The Balaban J connectivity index is 1.75. The van der Waals surface area contributed by atoms with E-state index >= 15 is 0 Å². The van der Waals surface area contributed by atoms with E-state index in [0.717, 1.165) is 0 Å². The molecule has 0 N–H and O–H groups in total. The SMILES string of the molecule is CC1c2ccccc2C(=C=C2c3ccccc3[CH+]c3ccccc32)c2ccccc21. The van der Waals surface area contributed by atoms with E-state index < -0.39 is 0 Å². The van der Waals surface area contributed by atoms with Crippen LogP contribution in [-0.4, -0.2) is 0 Å². The predicted octanol–water partition coefficient (Wildman–Crippen LogP) is 7.23. The molecule has 0 unspecified atom stereocenters. The summed E-state index contributed by atoms with van der Waals surface area (Å²) < 4.78 is 0. The maximum absolute atomic E-state index is 3.92. The molecule has 4 aromatic rings. The summed E-state index contributed by atoms with van der Waals surface area (Å²) in [6.07, 6.45) is 2.28. The van der Waals surface area contributed by atoms with E-state index in [4.69, 9.17) is 0 Å². The number of rotatable bonds is 0. The van der Waals surface area contributed by atoms with Gasteiger partial charge in [-0.15, -0.1) is 0 Å². The minimum absolute atomic E-state index is 0.382. The standard InChI is InChI=1S/C30H21/c1-20-23-12-6-8-16-27(23)30(28-17-9-7-13-24(20)28)19-29-25-14-4-2-10-21(25)18-22-11-3-5-15-26(22)29/h2-18,20H,1H3/q+1. The number of hydrogen-bond donors (Lipinski definition) is 0. The highest BCUT2D eigenvalue weighted by molar-refractivity contribution is 5.94. The molecule has 0 saturated carbocycles. The van der Waals surface area contributed by atoms with Gasteiger partial charge in [0.1, 0.15) is 5.57 Å². The van der Waals surface area contributed by atoms with Crippen molar-refractivity contribution in [1.82, 2.24) is 0 Å². The zero-order valence-corrected chi connectivity index (χ0v) is 16.9. The van der Waals surface area contributed by atoms with Crippen LogP contribution in [0.25, 0.3) is 11.1 Å². The number of fused-ring (bicyclic) bond motifs is 4. The zero-order valence-electron chi connectivity index (χ0n) is 16.9. The molecule has 0 atom stereocenters. The summed E-state index contributed by atoms with van der Waals surface area (Å²) in [4.78, 5) is 0. The first-order valence-electron chi connectivity index (χ1n) is 10.5. The van der Waals surface area contributed by atoms with E-state index in [1.165, 1.54) is 55.7 Å². The van der Waals surface area contributed by atoms with Gasteiger partial charge in [-0.2, -0.15) is 0 Å². The largest absolute Gasteiger partial charge is 0.100 e. The van der Waals surface area contributed by atoms with E-state index in [1.807, 2.05) is 0 Å². The van der Waals surface area contributed by atoms with Crippen molar-refractivity contribution in [3.63, 3.8) is 0 Å². The maximum Gasteiger partial charge on any atom is 0.100 e. The van der Waals surface area contributed by atoms with Gasteiger partial charge in [0.2, 0.25) is 0 Å². The molecule has 140 valence electrons. The van der Waals surface area contributed by atoms with Gasteiger partial charge in [-0.25, -0.2) is 0 Å². The average molecular weight is 381 g/mol. The summed E-state index contributed by atoms with van der Waals surface area (Å²) >= 11 is 0. The summed E-state index contributed by atoms with van der Waals surface area (Å²) in [6.45, 7) is 2.31. The lowest BCUT2D eigenvalue weighted by atomic mass is 9.75. The van der Waals surface area contributed by atoms with Crippen molar-refractivity contribution in [2.75, 3.05) is 0 Å². The molecule has 2 aliphatic carbocycles. The molecular formula is C30H21+. The first-order valence-corrected chi connectivity index (χ1v) is 10.5. The molecule has 0 fully saturated rings. The van der Waals surface area contributed by atoms with E-state index in [2.05, 4.69) is 116 Å². The quantitative estimate of drug-likeness (QED) is 0.196. The molecule has 30 heavy (non-hydrogen) atoms. The Morgan fingerprint density at radius 1 is 0.533 bits per heavy atom. The first kappa shape index (κ1) is 17.2. The third kappa shape index (κ3) is 2.52. The molecule has 0 heteroatoms. The molecule has 0 saturated heterocycles. The smallest absolute Gasteiger partial charge is 0.0852 e. The van der Waals surface area contributed by atoms with Crippen LogP contribution in [0.5, 0.6) is 0 Å². The van der Waals surface area contributed by atoms with E-state index in [0.29, 0.717) is 5.92 Å². The Morgan fingerprint density at radius 3 is 1.47 bits per heavy atom. The summed E-state index contributed by atoms with van der Waals surface area (Å²) in [6, 6.07) is 34.9. The van der Waals surface area contributed by atoms with Crippen LogP contribution in [0.2, 0.25) is 0 Å². The topological polar surface area (TPSA) is 0 Å². The van der Waals surface area contributed by atoms with E-state index in [9.17, 15) is 0 Å². The number of hydrogen-bond acceptors (Lipinski definition) is 0. The van der Waals surface area contributed by atoms with E-state index in [1.54, 1.807) is 0 Å². The molecule has 0 spiro atoms. The van der Waals surface area contributed by atoms with Gasteiger partial charge in [0.05, 0.1) is 22.3 Å². The Kier molecular flexibility index (Phi) is 3.81. The first-order chi connectivity index (χ1) is 14.8. The molecule has 0 bridgehead atoms. The second-order valence-electron chi connectivity index (χ2n) is 8.09. The van der Waals surface area contributed by atoms with Gasteiger partial charge in [0, 0.05) is 30.0 Å². The Hall–Kier alpha value is -3.73. The number of benzene rings is 4. The van der Waals surface area contributed by atoms with Crippen molar-refractivity contribution >= 4 is 11.1 Å². The van der Waals surface area contributed by atoms with Crippen molar-refractivity contribution in [1.29, 1.82) is 0 Å². The van der Waals surface area contributed by atoms with Crippen LogP contribution in [0, 0.1) is 6.42 Å². The summed E-state index contributed by atoms with van der Waals surface area (Å²) in [7, 11) is 0. The van der Waals surface area contributed by atoms with Crippen LogP contribution in [0.1, 0.15) is 57.3 Å². The third-order valence-corrected chi connectivity index (χ3v) is 6.41. The molecule has 0 heterocycles. The van der Waals surface area contributed by atoms with Crippen molar-refractivity contribution in [2.24, 2.45) is 0 Å². The average Bonchev–Trinajstić information content (AvgIpc) is 2.81. The van der Waals surface area contributed by atoms with E-state index in [-0.39, 0.29) is 0 Å². The predicted molar refractivity (Wildman–Crippen MR) is 124 cm³/mol. The Bertz CT molecular complexity index is 1270. The summed E-state index contributed by atoms with van der Waals surface area (Å²) in [5.74, 6) is 0.382. The minimum Gasteiger partial charge on any atom is -0.0852 e. The zero-order chi connectivity index (χ0) is 20.1. The van der Waals surface area contributed by atoms with Gasteiger partial charge < -0.3 is 0 Å². The lowest BCUT2D eigenvalue weighted by Gasteiger charge is -2.27. The second kappa shape index (κ2) is 6.66. The van der Waals surface area contributed by atoms with Gasteiger partial charge in [0.15, 0.2) is 0 Å². The second-order valence-corrected chi connectivity index (χ2v) is 8.09. The lowest BCUT2D eigenvalue weighted by molar-refractivity contribution is 0.900. The molecule has 2 aliphatic rings. The van der Waals surface area contributed by atoms with Crippen LogP contribution in [-0.2, 0) is 0 Å².